The highest BCUT2D eigenvalue weighted by Gasteiger charge is 2.34. The third-order valence-electron chi connectivity index (χ3n) is 5.26. The maximum Gasteiger partial charge on any atom is 0.261 e. The molecule has 4 rings (SSSR count). The van der Waals surface area contributed by atoms with Gasteiger partial charge in [-0.15, -0.1) is 0 Å². The molecule has 2 amide bonds. The Morgan fingerprint density at radius 2 is 1.38 bits per heavy atom. The SMILES string of the molecule is NCCNCCNCCN1C(=O)c2ccc3c4c(ccc(c24)C1=O)CC3. The van der Waals surface area contributed by atoms with Gasteiger partial charge in [0.1, 0.15) is 0 Å². The number of hydrogen-bond acceptors (Lipinski definition) is 5. The molecule has 0 aromatic heterocycles. The summed E-state index contributed by atoms with van der Waals surface area (Å²) in [6.45, 7) is 3.94. The Kier molecular flexibility index (Phi) is 4.72. The Labute approximate surface area is 152 Å². The van der Waals surface area contributed by atoms with Gasteiger partial charge < -0.3 is 16.4 Å². The fraction of sp³-hybridized carbons (Fsp3) is 0.400. The van der Waals surface area contributed by atoms with Crippen molar-refractivity contribution in [3.8, 4) is 0 Å². The zero-order valence-corrected chi connectivity index (χ0v) is 14.8. The summed E-state index contributed by atoms with van der Waals surface area (Å²) in [5.74, 6) is -0.359. The first kappa shape index (κ1) is 17.1. The minimum Gasteiger partial charge on any atom is -0.329 e. The van der Waals surface area contributed by atoms with E-state index in [4.69, 9.17) is 5.73 Å². The first-order valence-corrected chi connectivity index (χ1v) is 9.27. The lowest BCUT2D eigenvalue weighted by Gasteiger charge is -2.27. The Hall–Kier alpha value is -2.28. The number of carbonyl (C=O) groups is 2. The number of nitrogens with zero attached hydrogens (tertiary/aromatic N) is 1. The zero-order chi connectivity index (χ0) is 18.1. The topological polar surface area (TPSA) is 87.5 Å². The maximum atomic E-state index is 12.9. The normalized spacial score (nSPS) is 15.3. The number of benzene rings is 2. The first-order chi connectivity index (χ1) is 12.7. The largest absolute Gasteiger partial charge is 0.329 e. The molecule has 0 saturated carbocycles. The summed E-state index contributed by atoms with van der Waals surface area (Å²) in [6.07, 6.45) is 1.98. The Morgan fingerprint density at radius 1 is 0.808 bits per heavy atom. The van der Waals surface area contributed by atoms with E-state index in [1.54, 1.807) is 0 Å². The maximum absolute atomic E-state index is 12.9. The summed E-state index contributed by atoms with van der Waals surface area (Å²) in [4.78, 5) is 27.2. The van der Waals surface area contributed by atoms with Gasteiger partial charge in [0.05, 0.1) is 0 Å². The number of nitrogens with one attached hydrogen (secondary N) is 2. The molecule has 26 heavy (non-hydrogen) atoms. The number of rotatable bonds is 8. The molecular formula is C20H24N4O2. The second-order valence-corrected chi connectivity index (χ2v) is 6.85. The van der Waals surface area contributed by atoms with Crippen molar-refractivity contribution in [3.63, 3.8) is 0 Å². The van der Waals surface area contributed by atoms with E-state index in [1.165, 1.54) is 16.0 Å². The molecule has 0 unspecified atom stereocenters. The van der Waals surface area contributed by atoms with E-state index in [-0.39, 0.29) is 11.8 Å². The molecule has 2 aromatic carbocycles. The predicted octanol–water partition coefficient (Wildman–Crippen LogP) is 0.672. The van der Waals surface area contributed by atoms with Crippen LogP contribution in [-0.4, -0.2) is 56.0 Å². The molecule has 0 atom stereocenters. The van der Waals surface area contributed by atoms with Crippen LogP contribution < -0.4 is 16.4 Å². The molecule has 4 N–H and O–H groups in total. The summed E-state index contributed by atoms with van der Waals surface area (Å²) < 4.78 is 0. The molecule has 2 aliphatic rings. The van der Waals surface area contributed by atoms with E-state index in [1.807, 2.05) is 24.3 Å². The average molecular weight is 352 g/mol. The monoisotopic (exact) mass is 352 g/mol. The lowest BCUT2D eigenvalue weighted by molar-refractivity contribution is 0.0612. The van der Waals surface area contributed by atoms with Gasteiger partial charge in [-0.3, -0.25) is 14.5 Å². The van der Waals surface area contributed by atoms with Crippen LogP contribution >= 0.6 is 0 Å². The minimum atomic E-state index is -0.179. The van der Waals surface area contributed by atoms with Crippen molar-refractivity contribution < 1.29 is 9.59 Å². The smallest absolute Gasteiger partial charge is 0.261 e. The van der Waals surface area contributed by atoms with Crippen molar-refractivity contribution in [3.05, 3.63) is 46.5 Å². The Balaban J connectivity index is 1.50. The second kappa shape index (κ2) is 7.15. The number of amides is 2. The van der Waals surface area contributed by atoms with Gasteiger partial charge in [0.15, 0.2) is 0 Å². The van der Waals surface area contributed by atoms with Gasteiger partial charge in [-0.05, 0) is 41.5 Å². The van der Waals surface area contributed by atoms with Gasteiger partial charge in [-0.1, -0.05) is 12.1 Å². The van der Waals surface area contributed by atoms with Crippen molar-refractivity contribution in [1.29, 1.82) is 0 Å². The highest BCUT2D eigenvalue weighted by Crippen LogP contribution is 2.38. The summed E-state index contributed by atoms with van der Waals surface area (Å²) in [7, 11) is 0. The minimum absolute atomic E-state index is 0.179. The van der Waals surface area contributed by atoms with Crippen LogP contribution in [-0.2, 0) is 12.8 Å². The highest BCUT2D eigenvalue weighted by atomic mass is 16.2. The zero-order valence-electron chi connectivity index (χ0n) is 14.8. The lowest BCUT2D eigenvalue weighted by atomic mass is 9.91. The van der Waals surface area contributed by atoms with Crippen molar-refractivity contribution in [2.24, 2.45) is 5.73 Å². The average Bonchev–Trinajstić information content (AvgIpc) is 3.08. The Bertz CT molecular complexity index is 819. The van der Waals surface area contributed by atoms with Crippen LogP contribution in [0.4, 0.5) is 0 Å². The molecule has 1 heterocycles. The summed E-state index contributed by atoms with van der Waals surface area (Å²) in [6, 6.07) is 7.88. The molecule has 0 saturated heterocycles. The fourth-order valence-electron chi connectivity index (χ4n) is 3.99. The summed E-state index contributed by atoms with van der Waals surface area (Å²) in [5, 5.41) is 8.45. The van der Waals surface area contributed by atoms with Gasteiger partial charge in [0, 0.05) is 55.8 Å². The molecule has 0 bridgehead atoms. The molecule has 1 aliphatic carbocycles. The molecule has 0 radical (unpaired) electrons. The van der Waals surface area contributed by atoms with Gasteiger partial charge >= 0.3 is 0 Å². The number of hydrogen-bond donors (Lipinski definition) is 3. The van der Waals surface area contributed by atoms with Crippen molar-refractivity contribution in [2.45, 2.75) is 12.8 Å². The molecule has 6 nitrogen and oxygen atoms in total. The third kappa shape index (κ3) is 2.80. The van der Waals surface area contributed by atoms with Crippen molar-refractivity contribution >= 4 is 22.6 Å². The quantitative estimate of drug-likeness (QED) is 0.480. The van der Waals surface area contributed by atoms with E-state index in [0.717, 1.165) is 43.2 Å². The standard InChI is InChI=1S/C20H24N4O2/c21-7-8-22-9-10-23-11-12-24-19(25)15-5-3-13-1-2-14-4-6-16(20(24)26)18(15)17(13)14/h3-6,22-23H,1-2,7-12,21H2. The fourth-order valence-corrected chi connectivity index (χ4v) is 3.99. The van der Waals surface area contributed by atoms with E-state index >= 15 is 0 Å². The molecule has 1 aliphatic heterocycles. The molecule has 0 fully saturated rings. The number of nitrogens with two attached hydrogens (primary N) is 1. The molecular weight excluding hydrogens is 328 g/mol. The van der Waals surface area contributed by atoms with Crippen LogP contribution in [0.15, 0.2) is 24.3 Å². The summed E-state index contributed by atoms with van der Waals surface area (Å²) in [5.41, 5.74) is 9.25. The van der Waals surface area contributed by atoms with Gasteiger partial charge in [0.2, 0.25) is 0 Å². The molecule has 6 heteroatoms. The summed E-state index contributed by atoms with van der Waals surface area (Å²) >= 11 is 0. The van der Waals surface area contributed by atoms with Gasteiger partial charge in [0.25, 0.3) is 11.8 Å². The predicted molar refractivity (Wildman–Crippen MR) is 102 cm³/mol. The lowest BCUT2D eigenvalue weighted by Crippen LogP contribution is -2.44. The first-order valence-electron chi connectivity index (χ1n) is 9.27. The second-order valence-electron chi connectivity index (χ2n) is 6.85. The van der Waals surface area contributed by atoms with Crippen LogP contribution in [0.25, 0.3) is 10.8 Å². The van der Waals surface area contributed by atoms with E-state index in [0.29, 0.717) is 30.8 Å². The van der Waals surface area contributed by atoms with Crippen LogP contribution in [0.3, 0.4) is 0 Å². The van der Waals surface area contributed by atoms with Gasteiger partial charge in [-0.25, -0.2) is 0 Å². The van der Waals surface area contributed by atoms with Crippen LogP contribution in [0.2, 0.25) is 0 Å². The van der Waals surface area contributed by atoms with Gasteiger partial charge in [-0.2, -0.15) is 0 Å². The van der Waals surface area contributed by atoms with E-state index < -0.39 is 0 Å². The number of aryl methyl sites for hydroxylation is 2. The highest BCUT2D eigenvalue weighted by molar-refractivity contribution is 6.26. The van der Waals surface area contributed by atoms with Crippen molar-refractivity contribution in [1.82, 2.24) is 15.5 Å². The number of carbonyl (C=O) groups excluding carboxylic acids is 2. The van der Waals surface area contributed by atoms with Crippen LogP contribution in [0.1, 0.15) is 31.8 Å². The van der Waals surface area contributed by atoms with Crippen LogP contribution in [0, 0.1) is 0 Å². The number of imide groups is 1. The molecule has 2 aromatic rings. The molecule has 0 spiro atoms. The molecule has 136 valence electrons. The van der Waals surface area contributed by atoms with E-state index in [2.05, 4.69) is 10.6 Å². The third-order valence-corrected chi connectivity index (χ3v) is 5.26. The van der Waals surface area contributed by atoms with Crippen molar-refractivity contribution in [2.75, 3.05) is 39.3 Å². The van der Waals surface area contributed by atoms with E-state index in [9.17, 15) is 9.59 Å². The Morgan fingerprint density at radius 3 is 1.96 bits per heavy atom. The van der Waals surface area contributed by atoms with Crippen LogP contribution in [0.5, 0.6) is 0 Å².